The molecule has 0 unspecified atom stereocenters. The molecule has 5 nitrogen and oxygen atoms in total. The number of hydrogen-bond acceptors (Lipinski definition) is 3. The Bertz CT molecular complexity index is 1050. The topological polar surface area (TPSA) is 47.4 Å². The molecule has 5 heteroatoms. The number of ether oxygens (including phenoxy) is 1. The maximum Gasteiger partial charge on any atom is 0.235 e. The molecule has 2 aromatic carbocycles. The van der Waals surface area contributed by atoms with E-state index in [0.29, 0.717) is 24.1 Å². The molecule has 0 bridgehead atoms. The third-order valence-electron chi connectivity index (χ3n) is 6.15. The van der Waals surface area contributed by atoms with Crippen molar-refractivity contribution in [2.24, 2.45) is 11.8 Å². The number of benzene rings is 2. The van der Waals surface area contributed by atoms with E-state index in [1.54, 1.807) is 9.58 Å². The van der Waals surface area contributed by atoms with Crippen LogP contribution in [0.3, 0.4) is 0 Å². The van der Waals surface area contributed by atoms with Gasteiger partial charge in [0.2, 0.25) is 5.91 Å². The molecule has 3 aromatic rings. The van der Waals surface area contributed by atoms with E-state index in [2.05, 4.69) is 13.5 Å². The minimum absolute atomic E-state index is 0.0125. The van der Waals surface area contributed by atoms with E-state index in [4.69, 9.17) is 9.84 Å². The lowest BCUT2D eigenvalue weighted by Crippen LogP contribution is -2.35. The molecule has 32 heavy (non-hydrogen) atoms. The monoisotopic (exact) mass is 429 g/mol. The molecule has 0 saturated heterocycles. The van der Waals surface area contributed by atoms with Crippen LogP contribution in [0.15, 0.2) is 73.4 Å². The number of carbonyl (C=O) groups is 1. The second-order valence-electron chi connectivity index (χ2n) is 8.47. The van der Waals surface area contributed by atoms with Crippen molar-refractivity contribution in [1.82, 2.24) is 9.78 Å². The summed E-state index contributed by atoms with van der Waals surface area (Å²) in [5.74, 6) is 1.82. The normalized spacial score (nSPS) is 18.2. The molecular weight excluding hydrogens is 398 g/mol. The van der Waals surface area contributed by atoms with E-state index in [0.717, 1.165) is 42.6 Å². The zero-order chi connectivity index (χ0) is 22.5. The van der Waals surface area contributed by atoms with Gasteiger partial charge in [-0.3, -0.25) is 9.69 Å². The van der Waals surface area contributed by atoms with Crippen molar-refractivity contribution in [3.63, 3.8) is 0 Å². The SMILES string of the molecule is C=C(OCC)c1cn(-c2ccccc2)nc1N(c1ccccc1)C(=O)[C@H]1CC[C@H](C)CC1. The highest BCUT2D eigenvalue weighted by atomic mass is 16.5. The largest absolute Gasteiger partial charge is 0.494 e. The predicted molar refractivity (Wildman–Crippen MR) is 129 cm³/mol. The van der Waals surface area contributed by atoms with Crippen LogP contribution >= 0.6 is 0 Å². The predicted octanol–water partition coefficient (Wildman–Crippen LogP) is 6.37. The fraction of sp³-hybridized carbons (Fsp3) is 0.333. The van der Waals surface area contributed by atoms with Crippen molar-refractivity contribution in [3.05, 3.63) is 79.0 Å². The number of hydrogen-bond donors (Lipinski definition) is 0. The first-order valence-corrected chi connectivity index (χ1v) is 11.4. The lowest BCUT2D eigenvalue weighted by molar-refractivity contribution is -0.122. The molecule has 0 radical (unpaired) electrons. The van der Waals surface area contributed by atoms with Crippen LogP contribution in [-0.2, 0) is 9.53 Å². The molecule has 1 amide bonds. The molecule has 4 rings (SSSR count). The number of para-hydroxylation sites is 2. The van der Waals surface area contributed by atoms with Gasteiger partial charge in [0.15, 0.2) is 5.82 Å². The summed E-state index contributed by atoms with van der Waals surface area (Å²) in [5.41, 5.74) is 2.44. The second kappa shape index (κ2) is 9.86. The van der Waals surface area contributed by atoms with Crippen LogP contribution in [0.5, 0.6) is 0 Å². The fourth-order valence-corrected chi connectivity index (χ4v) is 4.31. The lowest BCUT2D eigenvalue weighted by atomic mass is 9.82. The van der Waals surface area contributed by atoms with Gasteiger partial charge in [-0.05, 0) is 62.8 Å². The van der Waals surface area contributed by atoms with Crippen molar-refractivity contribution >= 4 is 23.2 Å². The zero-order valence-corrected chi connectivity index (χ0v) is 18.9. The van der Waals surface area contributed by atoms with Crippen LogP contribution in [0.4, 0.5) is 11.5 Å². The van der Waals surface area contributed by atoms with Gasteiger partial charge in [-0.25, -0.2) is 4.68 Å². The van der Waals surface area contributed by atoms with Gasteiger partial charge in [-0.2, -0.15) is 0 Å². The van der Waals surface area contributed by atoms with Crippen LogP contribution in [0, 0.1) is 11.8 Å². The highest BCUT2D eigenvalue weighted by Gasteiger charge is 2.33. The number of amides is 1. The Morgan fingerprint density at radius 3 is 2.31 bits per heavy atom. The summed E-state index contributed by atoms with van der Waals surface area (Å²) in [6.07, 6.45) is 5.87. The van der Waals surface area contributed by atoms with Crippen molar-refractivity contribution in [1.29, 1.82) is 0 Å². The minimum Gasteiger partial charge on any atom is -0.494 e. The van der Waals surface area contributed by atoms with Crippen LogP contribution in [0.1, 0.15) is 45.1 Å². The smallest absolute Gasteiger partial charge is 0.235 e. The molecule has 1 aromatic heterocycles. The highest BCUT2D eigenvalue weighted by molar-refractivity contribution is 6.02. The summed E-state index contributed by atoms with van der Waals surface area (Å²) < 4.78 is 7.55. The molecule has 1 aliphatic rings. The standard InChI is InChI=1S/C27H31N3O2/c1-4-32-21(3)25-19-29(23-11-7-5-8-12-23)28-26(25)30(24-13-9-6-10-14-24)27(31)22-17-15-20(2)16-18-22/h5-14,19-20,22H,3-4,15-18H2,1-2H3/t20-,22-. The lowest BCUT2D eigenvalue weighted by Gasteiger charge is -2.30. The van der Waals surface area contributed by atoms with Gasteiger partial charge in [0.05, 0.1) is 23.5 Å². The summed E-state index contributed by atoms with van der Waals surface area (Å²) in [5, 5.41) is 4.87. The molecule has 0 atom stereocenters. The van der Waals surface area contributed by atoms with E-state index in [9.17, 15) is 4.79 Å². The van der Waals surface area contributed by atoms with Gasteiger partial charge in [-0.1, -0.05) is 49.9 Å². The fourth-order valence-electron chi connectivity index (χ4n) is 4.31. The minimum atomic E-state index is -0.0125. The maximum absolute atomic E-state index is 13.9. The van der Waals surface area contributed by atoms with Gasteiger partial charge >= 0.3 is 0 Å². The molecular formula is C27H31N3O2. The molecule has 1 aliphatic carbocycles. The Hall–Kier alpha value is -3.34. The summed E-state index contributed by atoms with van der Waals surface area (Å²) in [4.78, 5) is 15.7. The van der Waals surface area contributed by atoms with Crippen molar-refractivity contribution in [2.75, 3.05) is 11.5 Å². The van der Waals surface area contributed by atoms with E-state index in [-0.39, 0.29) is 11.8 Å². The van der Waals surface area contributed by atoms with E-state index in [1.807, 2.05) is 73.8 Å². The Labute approximate surface area is 190 Å². The Morgan fingerprint density at radius 1 is 1.06 bits per heavy atom. The van der Waals surface area contributed by atoms with Gasteiger partial charge in [0, 0.05) is 12.1 Å². The highest BCUT2D eigenvalue weighted by Crippen LogP contribution is 2.37. The van der Waals surface area contributed by atoms with Gasteiger partial charge < -0.3 is 4.74 Å². The average molecular weight is 430 g/mol. The van der Waals surface area contributed by atoms with Crippen molar-refractivity contribution in [2.45, 2.75) is 39.5 Å². The molecule has 0 N–H and O–H groups in total. The third kappa shape index (κ3) is 4.62. The number of carbonyl (C=O) groups excluding carboxylic acids is 1. The van der Waals surface area contributed by atoms with Gasteiger partial charge in [-0.15, -0.1) is 5.10 Å². The number of rotatable bonds is 7. The second-order valence-corrected chi connectivity index (χ2v) is 8.47. The number of nitrogens with zero attached hydrogens (tertiary/aromatic N) is 3. The van der Waals surface area contributed by atoms with Crippen LogP contribution < -0.4 is 4.90 Å². The maximum atomic E-state index is 13.9. The summed E-state index contributed by atoms with van der Waals surface area (Å²) >= 11 is 0. The molecule has 1 heterocycles. The third-order valence-corrected chi connectivity index (χ3v) is 6.15. The quantitative estimate of drug-likeness (QED) is 0.410. The average Bonchev–Trinajstić information content (AvgIpc) is 3.26. The van der Waals surface area contributed by atoms with E-state index >= 15 is 0 Å². The summed E-state index contributed by atoms with van der Waals surface area (Å²) in [6, 6.07) is 19.6. The van der Waals surface area contributed by atoms with E-state index < -0.39 is 0 Å². The molecule has 1 fully saturated rings. The number of anilines is 2. The molecule has 0 aliphatic heterocycles. The number of aromatic nitrogens is 2. The Morgan fingerprint density at radius 2 is 1.69 bits per heavy atom. The van der Waals surface area contributed by atoms with Crippen LogP contribution in [-0.4, -0.2) is 22.3 Å². The summed E-state index contributed by atoms with van der Waals surface area (Å²) in [7, 11) is 0. The first kappa shape index (κ1) is 21.9. The van der Waals surface area contributed by atoms with Gasteiger partial charge in [0.1, 0.15) is 5.76 Å². The molecule has 0 spiro atoms. The van der Waals surface area contributed by atoms with E-state index in [1.165, 1.54) is 0 Å². The summed E-state index contributed by atoms with van der Waals surface area (Å²) in [6.45, 7) is 8.81. The Kier molecular flexibility index (Phi) is 6.74. The van der Waals surface area contributed by atoms with Gasteiger partial charge in [0.25, 0.3) is 0 Å². The Balaban J connectivity index is 1.81. The van der Waals surface area contributed by atoms with Crippen molar-refractivity contribution in [3.8, 4) is 5.69 Å². The first-order valence-electron chi connectivity index (χ1n) is 11.4. The van der Waals surface area contributed by atoms with Crippen LogP contribution in [0.25, 0.3) is 11.4 Å². The molecule has 1 saturated carbocycles. The molecule has 166 valence electrons. The van der Waals surface area contributed by atoms with Crippen LogP contribution in [0.2, 0.25) is 0 Å². The van der Waals surface area contributed by atoms with Crippen molar-refractivity contribution < 1.29 is 9.53 Å². The zero-order valence-electron chi connectivity index (χ0n) is 18.9. The first-order chi connectivity index (χ1) is 15.6.